The molecular formula is C20H21FN2O2. The Kier molecular flexibility index (Phi) is 4.83. The van der Waals surface area contributed by atoms with Gasteiger partial charge in [-0.2, -0.15) is 0 Å². The number of halogens is 1. The SMILES string of the molecule is Cc1ccc(NC(=O)[C@H]2CCCN2C(=O)c2ccccc2F)cc1C. The van der Waals surface area contributed by atoms with Crippen LogP contribution in [0.3, 0.4) is 0 Å². The fourth-order valence-corrected chi connectivity index (χ4v) is 3.12. The summed E-state index contributed by atoms with van der Waals surface area (Å²) in [5.74, 6) is -1.23. The Morgan fingerprint density at radius 3 is 2.60 bits per heavy atom. The second-order valence-electron chi connectivity index (χ2n) is 6.42. The van der Waals surface area contributed by atoms with Crippen molar-refractivity contribution in [1.82, 2.24) is 4.90 Å². The first kappa shape index (κ1) is 17.1. The molecule has 0 aliphatic carbocycles. The van der Waals surface area contributed by atoms with Crippen LogP contribution in [-0.4, -0.2) is 29.3 Å². The molecule has 1 aliphatic heterocycles. The number of rotatable bonds is 3. The van der Waals surface area contributed by atoms with E-state index in [2.05, 4.69) is 5.32 Å². The van der Waals surface area contributed by atoms with Gasteiger partial charge in [-0.3, -0.25) is 9.59 Å². The van der Waals surface area contributed by atoms with E-state index in [1.165, 1.54) is 17.0 Å². The molecule has 0 unspecified atom stereocenters. The summed E-state index contributed by atoms with van der Waals surface area (Å²) in [6.07, 6.45) is 1.31. The van der Waals surface area contributed by atoms with Crippen molar-refractivity contribution >= 4 is 17.5 Å². The Labute approximate surface area is 146 Å². The smallest absolute Gasteiger partial charge is 0.257 e. The van der Waals surface area contributed by atoms with Gasteiger partial charge in [-0.1, -0.05) is 18.2 Å². The molecule has 3 rings (SSSR count). The molecule has 0 bridgehead atoms. The van der Waals surface area contributed by atoms with Crippen LogP contribution in [-0.2, 0) is 4.79 Å². The number of anilines is 1. The Bertz CT molecular complexity index is 819. The number of carbonyl (C=O) groups excluding carboxylic acids is 2. The average Bonchev–Trinajstić information content (AvgIpc) is 3.08. The zero-order valence-electron chi connectivity index (χ0n) is 14.4. The summed E-state index contributed by atoms with van der Waals surface area (Å²) in [5.41, 5.74) is 2.95. The molecule has 5 heteroatoms. The molecule has 0 spiro atoms. The zero-order valence-corrected chi connectivity index (χ0v) is 14.4. The van der Waals surface area contributed by atoms with Crippen LogP contribution in [0, 0.1) is 19.7 Å². The predicted octanol–water partition coefficient (Wildman–Crippen LogP) is 3.69. The number of aryl methyl sites for hydroxylation is 2. The second kappa shape index (κ2) is 7.05. The van der Waals surface area contributed by atoms with Gasteiger partial charge in [0, 0.05) is 12.2 Å². The van der Waals surface area contributed by atoms with Crippen LogP contribution in [0.2, 0.25) is 0 Å². The summed E-state index contributed by atoms with van der Waals surface area (Å²) in [6.45, 7) is 4.44. The van der Waals surface area contributed by atoms with Gasteiger partial charge in [0.2, 0.25) is 5.91 Å². The third-order valence-electron chi connectivity index (χ3n) is 4.70. The van der Waals surface area contributed by atoms with Gasteiger partial charge in [0.15, 0.2) is 0 Å². The Morgan fingerprint density at radius 2 is 1.88 bits per heavy atom. The maximum Gasteiger partial charge on any atom is 0.257 e. The van der Waals surface area contributed by atoms with E-state index in [9.17, 15) is 14.0 Å². The minimum atomic E-state index is -0.575. The van der Waals surface area contributed by atoms with Gasteiger partial charge < -0.3 is 10.2 Å². The fraction of sp³-hybridized carbons (Fsp3) is 0.300. The van der Waals surface area contributed by atoms with Gasteiger partial charge in [0.05, 0.1) is 5.56 Å². The first-order valence-electron chi connectivity index (χ1n) is 8.41. The lowest BCUT2D eigenvalue weighted by Crippen LogP contribution is -2.43. The number of benzene rings is 2. The third-order valence-corrected chi connectivity index (χ3v) is 4.70. The van der Waals surface area contributed by atoms with E-state index >= 15 is 0 Å². The molecule has 1 aliphatic rings. The van der Waals surface area contributed by atoms with E-state index in [1.807, 2.05) is 32.0 Å². The van der Waals surface area contributed by atoms with E-state index in [1.54, 1.807) is 12.1 Å². The fourth-order valence-electron chi connectivity index (χ4n) is 3.12. The zero-order chi connectivity index (χ0) is 18.0. The Morgan fingerprint density at radius 1 is 1.12 bits per heavy atom. The summed E-state index contributed by atoms with van der Waals surface area (Å²) in [5, 5.41) is 2.88. The normalized spacial score (nSPS) is 16.8. The van der Waals surface area contributed by atoms with Crippen LogP contribution >= 0.6 is 0 Å². The molecule has 1 N–H and O–H groups in total. The topological polar surface area (TPSA) is 49.4 Å². The highest BCUT2D eigenvalue weighted by molar-refractivity contribution is 6.01. The van der Waals surface area contributed by atoms with Gasteiger partial charge in [0.25, 0.3) is 5.91 Å². The number of hydrogen-bond donors (Lipinski definition) is 1. The van der Waals surface area contributed by atoms with Crippen LogP contribution in [0.25, 0.3) is 0 Å². The van der Waals surface area contributed by atoms with Crippen LogP contribution in [0.1, 0.15) is 34.3 Å². The summed E-state index contributed by atoms with van der Waals surface area (Å²) in [4.78, 5) is 26.8. The Hall–Kier alpha value is -2.69. The summed E-state index contributed by atoms with van der Waals surface area (Å²) in [6, 6.07) is 11.0. The molecule has 2 aromatic rings. The van der Waals surface area contributed by atoms with Gasteiger partial charge in [-0.25, -0.2) is 4.39 Å². The monoisotopic (exact) mass is 340 g/mol. The first-order chi connectivity index (χ1) is 12.0. The lowest BCUT2D eigenvalue weighted by Gasteiger charge is -2.24. The Balaban J connectivity index is 1.76. The summed E-state index contributed by atoms with van der Waals surface area (Å²) in [7, 11) is 0. The number of nitrogens with zero attached hydrogens (tertiary/aromatic N) is 1. The molecule has 0 radical (unpaired) electrons. The van der Waals surface area contributed by atoms with Crippen molar-refractivity contribution in [2.24, 2.45) is 0 Å². The molecule has 2 aromatic carbocycles. The number of carbonyl (C=O) groups is 2. The summed E-state index contributed by atoms with van der Waals surface area (Å²) < 4.78 is 13.9. The van der Waals surface area contributed by atoms with Crippen LogP contribution in [0.15, 0.2) is 42.5 Å². The van der Waals surface area contributed by atoms with Crippen molar-refractivity contribution in [3.63, 3.8) is 0 Å². The van der Waals surface area contributed by atoms with Crippen LogP contribution < -0.4 is 5.32 Å². The van der Waals surface area contributed by atoms with Gasteiger partial charge in [-0.05, 0) is 62.1 Å². The molecule has 1 heterocycles. The summed E-state index contributed by atoms with van der Waals surface area (Å²) >= 11 is 0. The van der Waals surface area contributed by atoms with Crippen molar-refractivity contribution in [1.29, 1.82) is 0 Å². The van der Waals surface area contributed by atoms with Crippen molar-refractivity contribution in [2.75, 3.05) is 11.9 Å². The van der Waals surface area contributed by atoms with Crippen molar-refractivity contribution < 1.29 is 14.0 Å². The van der Waals surface area contributed by atoms with E-state index in [4.69, 9.17) is 0 Å². The molecule has 0 saturated carbocycles. The van der Waals surface area contributed by atoms with E-state index < -0.39 is 17.8 Å². The maximum absolute atomic E-state index is 13.9. The lowest BCUT2D eigenvalue weighted by atomic mass is 10.1. The van der Waals surface area contributed by atoms with Gasteiger partial charge in [0.1, 0.15) is 11.9 Å². The molecule has 0 aromatic heterocycles. The maximum atomic E-state index is 13.9. The van der Waals surface area contributed by atoms with Crippen molar-refractivity contribution in [2.45, 2.75) is 32.7 Å². The number of amides is 2. The molecule has 1 atom stereocenters. The molecule has 4 nitrogen and oxygen atoms in total. The largest absolute Gasteiger partial charge is 0.327 e. The van der Waals surface area contributed by atoms with E-state index in [0.29, 0.717) is 18.7 Å². The number of likely N-dealkylation sites (tertiary alicyclic amines) is 1. The van der Waals surface area contributed by atoms with E-state index in [-0.39, 0.29) is 11.5 Å². The number of nitrogens with one attached hydrogen (secondary N) is 1. The highest BCUT2D eigenvalue weighted by atomic mass is 19.1. The molecule has 1 fully saturated rings. The predicted molar refractivity (Wildman–Crippen MR) is 95.0 cm³/mol. The van der Waals surface area contributed by atoms with Crippen LogP contribution in [0.5, 0.6) is 0 Å². The highest BCUT2D eigenvalue weighted by Crippen LogP contribution is 2.23. The highest BCUT2D eigenvalue weighted by Gasteiger charge is 2.35. The van der Waals surface area contributed by atoms with Crippen molar-refractivity contribution in [3.8, 4) is 0 Å². The van der Waals surface area contributed by atoms with Crippen LogP contribution in [0.4, 0.5) is 10.1 Å². The van der Waals surface area contributed by atoms with E-state index in [0.717, 1.165) is 17.5 Å². The standard InChI is InChI=1S/C20H21FN2O2/c1-13-9-10-15(12-14(13)2)22-19(24)18-8-5-11-23(18)20(25)16-6-3-4-7-17(16)21/h3-4,6-7,9-10,12,18H,5,8,11H2,1-2H3,(H,22,24)/t18-/m1/s1. The average molecular weight is 340 g/mol. The minimum Gasteiger partial charge on any atom is -0.327 e. The van der Waals surface area contributed by atoms with Gasteiger partial charge >= 0.3 is 0 Å². The second-order valence-corrected chi connectivity index (χ2v) is 6.42. The molecular weight excluding hydrogens is 319 g/mol. The lowest BCUT2D eigenvalue weighted by molar-refractivity contribution is -0.119. The molecule has 130 valence electrons. The minimum absolute atomic E-state index is 0.00776. The molecule has 25 heavy (non-hydrogen) atoms. The van der Waals surface area contributed by atoms with Gasteiger partial charge in [-0.15, -0.1) is 0 Å². The van der Waals surface area contributed by atoms with Crippen molar-refractivity contribution in [3.05, 3.63) is 65.0 Å². The first-order valence-corrected chi connectivity index (χ1v) is 8.41. The molecule has 1 saturated heterocycles. The molecule has 2 amide bonds. The third kappa shape index (κ3) is 3.55. The quantitative estimate of drug-likeness (QED) is 0.926. The number of hydrogen-bond acceptors (Lipinski definition) is 2.